The number of carbonyl (C=O) groups is 2. The van der Waals surface area contributed by atoms with E-state index in [1.54, 1.807) is 0 Å². The summed E-state index contributed by atoms with van der Waals surface area (Å²) in [6, 6.07) is -1.25. The van der Waals surface area contributed by atoms with Crippen LogP contribution in [0.4, 0.5) is 4.79 Å². The van der Waals surface area contributed by atoms with Gasteiger partial charge in [0, 0.05) is 5.54 Å². The Morgan fingerprint density at radius 1 is 1.33 bits per heavy atom. The topological polar surface area (TPSA) is 78.4 Å². The van der Waals surface area contributed by atoms with Crippen molar-refractivity contribution in [3.05, 3.63) is 0 Å². The van der Waals surface area contributed by atoms with Crippen molar-refractivity contribution in [3.63, 3.8) is 0 Å². The zero-order chi connectivity index (χ0) is 12.1. The van der Waals surface area contributed by atoms with Crippen molar-refractivity contribution in [2.75, 3.05) is 0 Å². The molecule has 0 aliphatic heterocycles. The lowest BCUT2D eigenvalue weighted by Gasteiger charge is -2.22. The number of urea groups is 1. The number of amides is 2. The van der Waals surface area contributed by atoms with Gasteiger partial charge in [0.15, 0.2) is 0 Å². The zero-order valence-corrected chi connectivity index (χ0v) is 9.76. The second-order valence-electron chi connectivity index (χ2n) is 4.53. The van der Waals surface area contributed by atoms with E-state index < -0.39 is 18.0 Å². The third-order valence-electron chi connectivity index (χ3n) is 1.67. The molecule has 0 saturated heterocycles. The van der Waals surface area contributed by atoms with Crippen molar-refractivity contribution in [1.82, 2.24) is 10.6 Å². The number of carboxylic acid groups (broad SMARTS) is 1. The van der Waals surface area contributed by atoms with E-state index in [1.165, 1.54) is 0 Å². The summed E-state index contributed by atoms with van der Waals surface area (Å²) in [6.45, 7) is 7.38. The largest absolute Gasteiger partial charge is 0.480 e. The van der Waals surface area contributed by atoms with E-state index in [4.69, 9.17) is 5.11 Å². The van der Waals surface area contributed by atoms with Crippen LogP contribution in [0.1, 0.15) is 40.5 Å². The van der Waals surface area contributed by atoms with Crippen molar-refractivity contribution < 1.29 is 14.7 Å². The molecular weight excluding hydrogens is 196 g/mol. The van der Waals surface area contributed by atoms with Gasteiger partial charge in [-0.3, -0.25) is 0 Å². The molecule has 0 aliphatic rings. The maximum absolute atomic E-state index is 11.4. The van der Waals surface area contributed by atoms with E-state index in [9.17, 15) is 9.59 Å². The SMILES string of the molecule is CCCC(NC(=O)NC(C)(C)C)C(=O)O. The van der Waals surface area contributed by atoms with Gasteiger partial charge in [-0.25, -0.2) is 9.59 Å². The first kappa shape index (κ1) is 13.7. The maximum atomic E-state index is 11.4. The van der Waals surface area contributed by atoms with Gasteiger partial charge in [-0.15, -0.1) is 0 Å². The minimum Gasteiger partial charge on any atom is -0.480 e. The fourth-order valence-electron chi connectivity index (χ4n) is 1.08. The number of carboxylic acids is 1. The third-order valence-corrected chi connectivity index (χ3v) is 1.67. The molecule has 1 atom stereocenters. The summed E-state index contributed by atoms with van der Waals surface area (Å²) in [5, 5.41) is 13.9. The van der Waals surface area contributed by atoms with Gasteiger partial charge in [0.2, 0.25) is 0 Å². The Morgan fingerprint density at radius 2 is 1.87 bits per heavy atom. The smallest absolute Gasteiger partial charge is 0.326 e. The highest BCUT2D eigenvalue weighted by molar-refractivity contribution is 5.82. The predicted octanol–water partition coefficient (Wildman–Crippen LogP) is 1.34. The van der Waals surface area contributed by atoms with Crippen LogP contribution in [-0.2, 0) is 4.79 Å². The van der Waals surface area contributed by atoms with Crippen molar-refractivity contribution in [3.8, 4) is 0 Å². The Kier molecular flexibility index (Phi) is 5.11. The molecule has 88 valence electrons. The van der Waals surface area contributed by atoms with Crippen LogP contribution in [-0.4, -0.2) is 28.7 Å². The van der Waals surface area contributed by atoms with Gasteiger partial charge in [0.25, 0.3) is 0 Å². The molecule has 0 bridgehead atoms. The molecule has 5 nitrogen and oxygen atoms in total. The molecule has 3 N–H and O–H groups in total. The highest BCUT2D eigenvalue weighted by atomic mass is 16.4. The molecule has 1 unspecified atom stereocenters. The summed E-state index contributed by atoms with van der Waals surface area (Å²) < 4.78 is 0. The number of hydrogen-bond donors (Lipinski definition) is 3. The van der Waals surface area contributed by atoms with Gasteiger partial charge in [0.1, 0.15) is 6.04 Å². The Labute approximate surface area is 90.2 Å². The van der Waals surface area contributed by atoms with Crippen LogP contribution in [0.3, 0.4) is 0 Å². The molecular formula is C10H20N2O3. The lowest BCUT2D eigenvalue weighted by atomic mass is 10.1. The Morgan fingerprint density at radius 3 is 2.20 bits per heavy atom. The van der Waals surface area contributed by atoms with E-state index in [1.807, 2.05) is 27.7 Å². The van der Waals surface area contributed by atoms with Crippen LogP contribution in [0.15, 0.2) is 0 Å². The Balaban J connectivity index is 4.18. The molecule has 0 aromatic heterocycles. The van der Waals surface area contributed by atoms with Crippen molar-refractivity contribution >= 4 is 12.0 Å². The predicted molar refractivity (Wildman–Crippen MR) is 57.8 cm³/mol. The fourth-order valence-corrected chi connectivity index (χ4v) is 1.08. The molecule has 0 fully saturated rings. The van der Waals surface area contributed by atoms with Crippen LogP contribution in [0.2, 0.25) is 0 Å². The Bertz CT molecular complexity index is 233. The second-order valence-corrected chi connectivity index (χ2v) is 4.53. The van der Waals surface area contributed by atoms with Gasteiger partial charge >= 0.3 is 12.0 Å². The fraction of sp³-hybridized carbons (Fsp3) is 0.800. The summed E-state index contributed by atoms with van der Waals surface area (Å²) in [5.41, 5.74) is -0.362. The van der Waals surface area contributed by atoms with Crippen molar-refractivity contribution in [2.45, 2.75) is 52.1 Å². The molecule has 0 saturated carbocycles. The monoisotopic (exact) mass is 216 g/mol. The van der Waals surface area contributed by atoms with E-state index in [0.29, 0.717) is 12.8 Å². The van der Waals surface area contributed by atoms with Crippen LogP contribution in [0.25, 0.3) is 0 Å². The third kappa shape index (κ3) is 6.76. The molecule has 0 radical (unpaired) electrons. The van der Waals surface area contributed by atoms with Gasteiger partial charge in [-0.2, -0.15) is 0 Å². The van der Waals surface area contributed by atoms with Crippen LogP contribution < -0.4 is 10.6 Å². The molecule has 0 heterocycles. The first-order valence-corrected chi connectivity index (χ1v) is 5.07. The van der Waals surface area contributed by atoms with Gasteiger partial charge in [-0.05, 0) is 27.2 Å². The second kappa shape index (κ2) is 5.58. The molecule has 0 spiro atoms. The summed E-state index contributed by atoms with van der Waals surface area (Å²) in [5.74, 6) is -0.999. The van der Waals surface area contributed by atoms with E-state index in [-0.39, 0.29) is 5.54 Å². The summed E-state index contributed by atoms with van der Waals surface area (Å²) in [4.78, 5) is 22.1. The van der Waals surface area contributed by atoms with Crippen LogP contribution >= 0.6 is 0 Å². The number of carbonyl (C=O) groups excluding carboxylic acids is 1. The number of rotatable bonds is 4. The zero-order valence-electron chi connectivity index (χ0n) is 9.76. The summed E-state index contributed by atoms with van der Waals surface area (Å²) in [7, 11) is 0. The molecule has 5 heteroatoms. The molecule has 0 aromatic rings. The highest BCUT2D eigenvalue weighted by Gasteiger charge is 2.21. The van der Waals surface area contributed by atoms with Gasteiger partial charge < -0.3 is 15.7 Å². The summed E-state index contributed by atoms with van der Waals surface area (Å²) >= 11 is 0. The van der Waals surface area contributed by atoms with Crippen LogP contribution in [0, 0.1) is 0 Å². The number of hydrogen-bond acceptors (Lipinski definition) is 2. The highest BCUT2D eigenvalue weighted by Crippen LogP contribution is 2.00. The summed E-state index contributed by atoms with van der Waals surface area (Å²) in [6.07, 6.45) is 1.15. The first-order chi connectivity index (χ1) is 6.76. The van der Waals surface area contributed by atoms with E-state index in [2.05, 4.69) is 10.6 Å². The minimum absolute atomic E-state index is 0.362. The normalized spacial score (nSPS) is 13.1. The van der Waals surface area contributed by atoms with E-state index in [0.717, 1.165) is 0 Å². The minimum atomic E-state index is -0.999. The molecule has 0 aromatic carbocycles. The van der Waals surface area contributed by atoms with Crippen molar-refractivity contribution in [1.29, 1.82) is 0 Å². The molecule has 0 rings (SSSR count). The van der Waals surface area contributed by atoms with Gasteiger partial charge in [-0.1, -0.05) is 13.3 Å². The molecule has 2 amide bonds. The standard InChI is InChI=1S/C10H20N2O3/c1-5-6-7(8(13)14)11-9(15)12-10(2,3)4/h7H,5-6H2,1-4H3,(H,13,14)(H2,11,12,15). The first-order valence-electron chi connectivity index (χ1n) is 5.07. The molecule has 15 heavy (non-hydrogen) atoms. The Hall–Kier alpha value is -1.26. The quantitative estimate of drug-likeness (QED) is 0.663. The lowest BCUT2D eigenvalue weighted by Crippen LogP contribution is -2.51. The van der Waals surface area contributed by atoms with Crippen molar-refractivity contribution in [2.24, 2.45) is 0 Å². The maximum Gasteiger partial charge on any atom is 0.326 e. The van der Waals surface area contributed by atoms with E-state index >= 15 is 0 Å². The number of nitrogens with one attached hydrogen (secondary N) is 2. The molecule has 0 aliphatic carbocycles. The van der Waals surface area contributed by atoms with Gasteiger partial charge in [0.05, 0.1) is 0 Å². The number of aliphatic carboxylic acids is 1. The van der Waals surface area contributed by atoms with Crippen LogP contribution in [0.5, 0.6) is 0 Å². The average molecular weight is 216 g/mol. The lowest BCUT2D eigenvalue weighted by molar-refractivity contribution is -0.139. The average Bonchev–Trinajstić information content (AvgIpc) is 1.99.